The molecule has 150 valence electrons. The van der Waals surface area contributed by atoms with E-state index >= 15 is 0 Å². The number of hydrogen-bond donors (Lipinski definition) is 2. The number of esters is 1. The fourth-order valence-electron chi connectivity index (χ4n) is 3.28. The predicted octanol–water partition coefficient (Wildman–Crippen LogP) is 2.27. The van der Waals surface area contributed by atoms with Crippen LogP contribution >= 0.6 is 0 Å². The van der Waals surface area contributed by atoms with E-state index in [0.29, 0.717) is 23.2 Å². The van der Waals surface area contributed by atoms with Gasteiger partial charge < -0.3 is 15.4 Å². The Bertz CT molecular complexity index is 943. The van der Waals surface area contributed by atoms with Gasteiger partial charge in [-0.2, -0.15) is 0 Å². The van der Waals surface area contributed by atoms with Gasteiger partial charge in [0.25, 0.3) is 5.91 Å². The molecule has 0 unspecified atom stereocenters. The third-order valence-electron chi connectivity index (χ3n) is 4.86. The van der Waals surface area contributed by atoms with Crippen LogP contribution in [0.2, 0.25) is 0 Å². The maximum Gasteiger partial charge on any atom is 0.337 e. The molecule has 1 fully saturated rings. The molecule has 8 heteroatoms. The second kappa shape index (κ2) is 8.14. The van der Waals surface area contributed by atoms with Crippen LogP contribution in [-0.2, 0) is 19.9 Å². The van der Waals surface area contributed by atoms with Gasteiger partial charge in [0.1, 0.15) is 12.1 Å². The van der Waals surface area contributed by atoms with Gasteiger partial charge in [-0.1, -0.05) is 37.3 Å². The summed E-state index contributed by atoms with van der Waals surface area (Å²) < 4.78 is 4.62. The average Bonchev–Trinajstić information content (AvgIpc) is 2.99. The SMILES string of the molecule is CC[C@]1(c2ccccc2)NC(=O)N(CC(=O)Nc2ccc(C(=O)OC)cc2)C1=O. The Hall–Kier alpha value is -3.68. The summed E-state index contributed by atoms with van der Waals surface area (Å²) in [5.74, 6) is -1.48. The molecule has 29 heavy (non-hydrogen) atoms. The topological polar surface area (TPSA) is 105 Å². The zero-order valence-electron chi connectivity index (χ0n) is 16.1. The average molecular weight is 395 g/mol. The van der Waals surface area contributed by atoms with Gasteiger partial charge in [-0.15, -0.1) is 0 Å². The number of methoxy groups -OCH3 is 1. The molecule has 8 nitrogen and oxygen atoms in total. The van der Waals surface area contributed by atoms with Crippen LogP contribution in [0.15, 0.2) is 54.6 Å². The van der Waals surface area contributed by atoms with Crippen LogP contribution in [0, 0.1) is 0 Å². The zero-order valence-corrected chi connectivity index (χ0v) is 16.1. The first-order valence-electron chi connectivity index (χ1n) is 9.09. The summed E-state index contributed by atoms with van der Waals surface area (Å²) in [5, 5.41) is 5.35. The Morgan fingerprint density at radius 3 is 2.31 bits per heavy atom. The molecule has 0 radical (unpaired) electrons. The van der Waals surface area contributed by atoms with E-state index in [1.807, 2.05) is 6.07 Å². The van der Waals surface area contributed by atoms with Gasteiger partial charge >= 0.3 is 12.0 Å². The van der Waals surface area contributed by atoms with E-state index < -0.39 is 35.9 Å². The van der Waals surface area contributed by atoms with Gasteiger partial charge in [0.15, 0.2) is 0 Å². The van der Waals surface area contributed by atoms with E-state index in [0.717, 1.165) is 4.90 Å². The molecule has 0 saturated carbocycles. The highest BCUT2D eigenvalue weighted by atomic mass is 16.5. The summed E-state index contributed by atoms with van der Waals surface area (Å²) in [6.07, 6.45) is 0.356. The predicted molar refractivity (Wildman–Crippen MR) is 105 cm³/mol. The van der Waals surface area contributed by atoms with Gasteiger partial charge in [0.2, 0.25) is 5.91 Å². The largest absolute Gasteiger partial charge is 0.465 e. The molecule has 2 N–H and O–H groups in total. The number of urea groups is 1. The van der Waals surface area contributed by atoms with E-state index in [9.17, 15) is 19.2 Å². The highest BCUT2D eigenvalue weighted by Crippen LogP contribution is 2.32. The summed E-state index contributed by atoms with van der Waals surface area (Å²) in [4.78, 5) is 50.2. The second-order valence-electron chi connectivity index (χ2n) is 6.56. The third-order valence-corrected chi connectivity index (χ3v) is 4.86. The number of imide groups is 1. The molecule has 0 bridgehead atoms. The van der Waals surface area contributed by atoms with Crippen molar-refractivity contribution in [3.05, 3.63) is 65.7 Å². The fraction of sp³-hybridized carbons (Fsp3) is 0.238. The molecule has 0 aliphatic carbocycles. The van der Waals surface area contributed by atoms with Crippen LogP contribution in [0.1, 0.15) is 29.3 Å². The Morgan fingerprint density at radius 1 is 1.07 bits per heavy atom. The molecule has 0 spiro atoms. The first-order valence-corrected chi connectivity index (χ1v) is 9.09. The first kappa shape index (κ1) is 20.1. The lowest BCUT2D eigenvalue weighted by molar-refractivity contribution is -0.134. The number of nitrogens with zero attached hydrogens (tertiary/aromatic N) is 1. The molecule has 1 aliphatic rings. The summed E-state index contributed by atoms with van der Waals surface area (Å²) in [7, 11) is 1.28. The molecule has 1 heterocycles. The highest BCUT2D eigenvalue weighted by Gasteiger charge is 2.51. The monoisotopic (exact) mass is 395 g/mol. The number of rotatable bonds is 6. The lowest BCUT2D eigenvalue weighted by atomic mass is 9.87. The lowest BCUT2D eigenvalue weighted by Gasteiger charge is -2.25. The number of ether oxygens (including phenoxy) is 1. The van der Waals surface area contributed by atoms with Crippen LogP contribution < -0.4 is 10.6 Å². The third kappa shape index (κ3) is 3.82. The van der Waals surface area contributed by atoms with Crippen molar-refractivity contribution in [1.82, 2.24) is 10.2 Å². The second-order valence-corrected chi connectivity index (χ2v) is 6.56. The van der Waals surface area contributed by atoms with Gasteiger partial charge in [-0.05, 0) is 36.2 Å². The summed E-state index contributed by atoms with van der Waals surface area (Å²) in [6, 6.07) is 14.4. The maximum absolute atomic E-state index is 13.0. The quantitative estimate of drug-likeness (QED) is 0.577. The first-order chi connectivity index (χ1) is 13.9. The van der Waals surface area contributed by atoms with Crippen molar-refractivity contribution in [2.45, 2.75) is 18.9 Å². The van der Waals surface area contributed by atoms with Crippen LogP contribution in [0.25, 0.3) is 0 Å². The Labute approximate surface area is 167 Å². The minimum atomic E-state index is -1.18. The molecule has 2 aromatic carbocycles. The summed E-state index contributed by atoms with van der Waals surface area (Å²) in [6.45, 7) is 1.38. The number of benzene rings is 2. The molecule has 0 aromatic heterocycles. The molecule has 1 atom stereocenters. The molecule has 4 amide bonds. The standard InChI is InChI=1S/C21H21N3O5/c1-3-21(15-7-5-4-6-8-15)19(27)24(20(28)23-21)13-17(25)22-16-11-9-14(10-12-16)18(26)29-2/h4-12H,3,13H2,1-2H3,(H,22,25)(H,23,28)/t21-/m1/s1. The van der Waals surface area contributed by atoms with Crippen molar-refractivity contribution in [1.29, 1.82) is 0 Å². The highest BCUT2D eigenvalue weighted by molar-refractivity contribution is 6.10. The normalized spacial score (nSPS) is 18.3. The van der Waals surface area contributed by atoms with Gasteiger partial charge in [0, 0.05) is 5.69 Å². The van der Waals surface area contributed by atoms with Crippen LogP contribution in [0.3, 0.4) is 0 Å². The van der Waals surface area contributed by atoms with E-state index in [1.54, 1.807) is 31.2 Å². The minimum Gasteiger partial charge on any atom is -0.465 e. The van der Waals surface area contributed by atoms with Gasteiger partial charge in [-0.3, -0.25) is 14.5 Å². The number of carbonyl (C=O) groups excluding carboxylic acids is 4. The van der Waals surface area contributed by atoms with E-state index in [2.05, 4.69) is 15.4 Å². The zero-order chi connectivity index (χ0) is 21.0. The van der Waals surface area contributed by atoms with Crippen molar-refractivity contribution in [3.63, 3.8) is 0 Å². The number of carbonyl (C=O) groups is 4. The van der Waals surface area contributed by atoms with Crippen LogP contribution in [-0.4, -0.2) is 42.4 Å². The van der Waals surface area contributed by atoms with Crippen LogP contribution in [0.5, 0.6) is 0 Å². The number of nitrogens with one attached hydrogen (secondary N) is 2. The van der Waals surface area contributed by atoms with Crippen molar-refractivity contribution in [3.8, 4) is 0 Å². The van der Waals surface area contributed by atoms with Crippen molar-refractivity contribution >= 4 is 29.5 Å². The number of anilines is 1. The minimum absolute atomic E-state index is 0.343. The lowest BCUT2D eigenvalue weighted by Crippen LogP contribution is -2.44. The number of hydrogen-bond acceptors (Lipinski definition) is 5. The van der Waals surface area contributed by atoms with Crippen molar-refractivity contribution < 1.29 is 23.9 Å². The van der Waals surface area contributed by atoms with Gasteiger partial charge in [0.05, 0.1) is 12.7 Å². The molecule has 3 rings (SSSR count). The van der Waals surface area contributed by atoms with E-state index in [4.69, 9.17) is 0 Å². The van der Waals surface area contributed by atoms with E-state index in [1.165, 1.54) is 31.4 Å². The van der Waals surface area contributed by atoms with Crippen molar-refractivity contribution in [2.75, 3.05) is 19.0 Å². The Morgan fingerprint density at radius 2 is 1.72 bits per heavy atom. The Balaban J connectivity index is 1.71. The van der Waals surface area contributed by atoms with E-state index in [-0.39, 0.29) is 0 Å². The maximum atomic E-state index is 13.0. The molecule has 1 aliphatic heterocycles. The number of amides is 4. The van der Waals surface area contributed by atoms with Crippen molar-refractivity contribution in [2.24, 2.45) is 0 Å². The molecule has 1 saturated heterocycles. The smallest absolute Gasteiger partial charge is 0.337 e. The van der Waals surface area contributed by atoms with Crippen LogP contribution in [0.4, 0.5) is 10.5 Å². The fourth-order valence-corrected chi connectivity index (χ4v) is 3.28. The molecular weight excluding hydrogens is 374 g/mol. The summed E-state index contributed by atoms with van der Waals surface area (Å²) in [5.41, 5.74) is 0.262. The molecular formula is C21H21N3O5. The van der Waals surface area contributed by atoms with Gasteiger partial charge in [-0.25, -0.2) is 9.59 Å². The molecule has 2 aromatic rings. The Kier molecular flexibility index (Phi) is 5.63. The summed E-state index contributed by atoms with van der Waals surface area (Å²) >= 11 is 0.